The molecule has 6 nitrogen and oxygen atoms in total. The fourth-order valence-electron chi connectivity index (χ4n) is 2.75. The quantitative estimate of drug-likeness (QED) is 0.765. The Balaban J connectivity index is 1.78. The molecule has 134 valence electrons. The van der Waals surface area contributed by atoms with Gasteiger partial charge in [0.05, 0.1) is 5.69 Å². The summed E-state index contributed by atoms with van der Waals surface area (Å²) in [6.07, 6.45) is 0. The van der Waals surface area contributed by atoms with Crippen LogP contribution in [0.5, 0.6) is 0 Å². The first kappa shape index (κ1) is 18.0. The Morgan fingerprint density at radius 2 is 1.85 bits per heavy atom. The minimum Gasteiger partial charge on any atom is -0.300 e. The van der Waals surface area contributed by atoms with Crippen LogP contribution >= 0.6 is 11.3 Å². The van der Waals surface area contributed by atoms with E-state index < -0.39 is 11.7 Å². The average molecular weight is 368 g/mol. The van der Waals surface area contributed by atoms with Gasteiger partial charge in [-0.3, -0.25) is 9.36 Å². The van der Waals surface area contributed by atoms with Crippen LogP contribution in [-0.4, -0.2) is 20.4 Å². The number of nitrogens with zero attached hydrogens (tertiary/aromatic N) is 3. The summed E-state index contributed by atoms with van der Waals surface area (Å²) in [5.41, 5.74) is 3.89. The van der Waals surface area contributed by atoms with E-state index in [9.17, 15) is 9.59 Å². The highest BCUT2D eigenvalue weighted by molar-refractivity contribution is 7.14. The molecule has 0 aliphatic carbocycles. The number of hydrogen-bond donors (Lipinski definition) is 1. The van der Waals surface area contributed by atoms with Gasteiger partial charge in [0.2, 0.25) is 5.91 Å². The summed E-state index contributed by atoms with van der Waals surface area (Å²) in [6.45, 7) is 7.25. The van der Waals surface area contributed by atoms with E-state index in [2.05, 4.69) is 15.3 Å². The molecule has 2 heterocycles. The van der Waals surface area contributed by atoms with Crippen molar-refractivity contribution in [3.05, 3.63) is 63.1 Å². The van der Waals surface area contributed by atoms with E-state index in [0.717, 1.165) is 11.3 Å². The molecule has 1 unspecified atom stereocenters. The van der Waals surface area contributed by atoms with Gasteiger partial charge in [0.15, 0.2) is 5.13 Å². The Morgan fingerprint density at radius 1 is 1.15 bits per heavy atom. The minimum absolute atomic E-state index is 0.300. The molecular weight excluding hydrogens is 348 g/mol. The SMILES string of the molecule is Cc1ccc(-c2csc(NC(=O)C(C)n3c(C)cc(C)nc3=O)n2)cc1. The number of amides is 1. The Labute approximate surface area is 155 Å². The first-order valence-corrected chi connectivity index (χ1v) is 9.13. The zero-order chi connectivity index (χ0) is 18.8. The molecule has 2 aromatic heterocycles. The molecule has 0 saturated heterocycles. The molecule has 0 saturated carbocycles. The lowest BCUT2D eigenvalue weighted by molar-refractivity contribution is -0.118. The first-order chi connectivity index (χ1) is 12.3. The Morgan fingerprint density at radius 3 is 2.50 bits per heavy atom. The van der Waals surface area contributed by atoms with Gasteiger partial charge in [0.1, 0.15) is 6.04 Å². The largest absolute Gasteiger partial charge is 0.348 e. The Hall–Kier alpha value is -2.80. The van der Waals surface area contributed by atoms with Crippen LogP contribution in [0.25, 0.3) is 11.3 Å². The van der Waals surface area contributed by atoms with E-state index in [0.29, 0.717) is 16.5 Å². The number of hydrogen-bond acceptors (Lipinski definition) is 5. The van der Waals surface area contributed by atoms with Crippen LogP contribution in [0, 0.1) is 20.8 Å². The number of aryl methyl sites for hydroxylation is 3. The maximum atomic E-state index is 12.6. The molecule has 0 fully saturated rings. The van der Waals surface area contributed by atoms with Crippen LogP contribution in [0.2, 0.25) is 0 Å². The van der Waals surface area contributed by atoms with E-state index in [1.54, 1.807) is 26.8 Å². The summed E-state index contributed by atoms with van der Waals surface area (Å²) in [4.78, 5) is 33.1. The maximum Gasteiger partial charge on any atom is 0.348 e. The first-order valence-electron chi connectivity index (χ1n) is 8.25. The van der Waals surface area contributed by atoms with Gasteiger partial charge in [0.25, 0.3) is 0 Å². The second-order valence-corrected chi connectivity index (χ2v) is 7.12. The molecule has 1 N–H and O–H groups in total. The lowest BCUT2D eigenvalue weighted by atomic mass is 10.1. The van der Waals surface area contributed by atoms with Gasteiger partial charge in [-0.15, -0.1) is 11.3 Å². The molecule has 0 aliphatic rings. The van der Waals surface area contributed by atoms with Crippen molar-refractivity contribution in [2.24, 2.45) is 0 Å². The van der Waals surface area contributed by atoms with Crippen molar-refractivity contribution in [3.8, 4) is 11.3 Å². The van der Waals surface area contributed by atoms with E-state index in [-0.39, 0.29) is 5.91 Å². The molecular formula is C19H20N4O2S. The summed E-state index contributed by atoms with van der Waals surface area (Å²) in [5, 5.41) is 5.19. The highest BCUT2D eigenvalue weighted by Gasteiger charge is 2.20. The lowest BCUT2D eigenvalue weighted by Crippen LogP contribution is -2.34. The minimum atomic E-state index is -0.678. The number of aromatic nitrogens is 3. The number of benzene rings is 1. The molecule has 1 amide bonds. The third-order valence-electron chi connectivity index (χ3n) is 4.12. The summed E-state index contributed by atoms with van der Waals surface area (Å²) < 4.78 is 1.39. The van der Waals surface area contributed by atoms with E-state index in [1.807, 2.05) is 36.6 Å². The molecule has 0 spiro atoms. The van der Waals surface area contributed by atoms with Gasteiger partial charge in [-0.05, 0) is 33.8 Å². The molecule has 1 aromatic carbocycles. The zero-order valence-corrected chi connectivity index (χ0v) is 15.9. The number of carbonyl (C=O) groups excluding carboxylic acids is 1. The summed E-state index contributed by atoms with van der Waals surface area (Å²) in [7, 11) is 0. The van der Waals surface area contributed by atoms with Crippen molar-refractivity contribution in [2.45, 2.75) is 33.7 Å². The van der Waals surface area contributed by atoms with E-state index >= 15 is 0 Å². The van der Waals surface area contributed by atoms with Crippen molar-refractivity contribution in [1.29, 1.82) is 0 Å². The van der Waals surface area contributed by atoms with Crippen molar-refractivity contribution in [3.63, 3.8) is 0 Å². The molecule has 0 radical (unpaired) electrons. The van der Waals surface area contributed by atoms with Crippen molar-refractivity contribution >= 4 is 22.4 Å². The van der Waals surface area contributed by atoms with Crippen molar-refractivity contribution < 1.29 is 4.79 Å². The average Bonchev–Trinajstić information content (AvgIpc) is 3.02. The van der Waals surface area contributed by atoms with Gasteiger partial charge in [-0.1, -0.05) is 29.8 Å². The van der Waals surface area contributed by atoms with Gasteiger partial charge < -0.3 is 5.32 Å². The van der Waals surface area contributed by atoms with E-state index in [4.69, 9.17) is 0 Å². The van der Waals surface area contributed by atoms with Crippen LogP contribution in [0.3, 0.4) is 0 Å². The van der Waals surface area contributed by atoms with Gasteiger partial charge >= 0.3 is 5.69 Å². The van der Waals surface area contributed by atoms with Gasteiger partial charge in [-0.25, -0.2) is 9.78 Å². The molecule has 0 bridgehead atoms. The highest BCUT2D eigenvalue weighted by Crippen LogP contribution is 2.25. The molecule has 3 aromatic rings. The number of anilines is 1. The maximum absolute atomic E-state index is 12.6. The Kier molecular flexibility index (Phi) is 4.99. The van der Waals surface area contributed by atoms with Crippen LogP contribution < -0.4 is 11.0 Å². The van der Waals surface area contributed by atoms with Gasteiger partial charge in [-0.2, -0.15) is 4.98 Å². The third-order valence-corrected chi connectivity index (χ3v) is 4.88. The normalized spacial score (nSPS) is 12.0. The fraction of sp³-hybridized carbons (Fsp3) is 0.263. The molecule has 1 atom stereocenters. The summed E-state index contributed by atoms with van der Waals surface area (Å²) in [6, 6.07) is 9.15. The topological polar surface area (TPSA) is 76.9 Å². The monoisotopic (exact) mass is 368 g/mol. The predicted molar refractivity (Wildman–Crippen MR) is 104 cm³/mol. The van der Waals surface area contributed by atoms with Crippen molar-refractivity contribution in [1.82, 2.24) is 14.5 Å². The Bertz CT molecular complexity index is 1010. The van der Waals surface area contributed by atoms with Crippen LogP contribution in [-0.2, 0) is 4.79 Å². The predicted octanol–water partition coefficient (Wildman–Crippen LogP) is 3.49. The zero-order valence-electron chi connectivity index (χ0n) is 15.1. The second kappa shape index (κ2) is 7.21. The number of thiazole rings is 1. The van der Waals surface area contributed by atoms with Gasteiger partial charge in [0, 0.05) is 22.3 Å². The molecule has 0 aliphatic heterocycles. The number of carbonyl (C=O) groups is 1. The van der Waals surface area contributed by atoms with Crippen LogP contribution in [0.4, 0.5) is 5.13 Å². The standard InChI is InChI=1S/C19H20N4O2S/c1-11-5-7-15(8-6-11)16-10-26-18(21-16)22-17(24)14(4)23-13(3)9-12(2)20-19(23)25/h5-10,14H,1-4H3,(H,21,22,24). The highest BCUT2D eigenvalue weighted by atomic mass is 32.1. The second-order valence-electron chi connectivity index (χ2n) is 6.26. The van der Waals surface area contributed by atoms with Crippen LogP contribution in [0.1, 0.15) is 29.9 Å². The fourth-order valence-corrected chi connectivity index (χ4v) is 3.47. The summed E-state index contributed by atoms with van der Waals surface area (Å²) >= 11 is 1.35. The molecule has 3 rings (SSSR count). The van der Waals surface area contributed by atoms with Crippen molar-refractivity contribution in [2.75, 3.05) is 5.32 Å². The number of nitrogens with one attached hydrogen (secondary N) is 1. The number of rotatable bonds is 4. The third kappa shape index (κ3) is 3.72. The smallest absolute Gasteiger partial charge is 0.300 e. The van der Waals surface area contributed by atoms with E-state index in [1.165, 1.54) is 21.5 Å². The lowest BCUT2D eigenvalue weighted by Gasteiger charge is -2.16. The molecule has 26 heavy (non-hydrogen) atoms. The summed E-state index contributed by atoms with van der Waals surface area (Å²) in [5.74, 6) is -0.300. The van der Waals surface area contributed by atoms with Crippen LogP contribution in [0.15, 0.2) is 40.5 Å². The molecule has 7 heteroatoms.